The van der Waals surface area contributed by atoms with Gasteiger partial charge in [0.2, 0.25) is 0 Å². The highest BCUT2D eigenvalue weighted by atomic mass is 32.2. The van der Waals surface area contributed by atoms with Crippen LogP contribution in [0.1, 0.15) is 0 Å². The normalized spacial score (nSPS) is 11.8. The molecule has 0 atom stereocenters. The molecule has 0 aliphatic rings. The van der Waals surface area contributed by atoms with E-state index in [1.165, 1.54) is 12.1 Å². The summed E-state index contributed by atoms with van der Waals surface area (Å²) in [7, 11) is -4.37. The lowest BCUT2D eigenvalue weighted by molar-refractivity contribution is 0.469. The monoisotopic (exact) mass is 238 g/mol. The molecule has 0 saturated carbocycles. The molecule has 0 aliphatic heterocycles. The Morgan fingerprint density at radius 1 is 1.25 bits per heavy atom. The maximum absolute atomic E-state index is 10.9. The molecule has 2 rings (SSSR count). The van der Waals surface area contributed by atoms with E-state index in [4.69, 9.17) is 10.3 Å². The van der Waals surface area contributed by atoms with Gasteiger partial charge in [-0.25, -0.2) is 0 Å². The lowest BCUT2D eigenvalue weighted by Crippen LogP contribution is -1.98. The van der Waals surface area contributed by atoms with E-state index >= 15 is 0 Å². The SMILES string of the molecule is Nc1ccc2cc(S(=O)(=O)O)[c]c(O)c2c1. The van der Waals surface area contributed by atoms with Crippen LogP contribution in [0.15, 0.2) is 29.2 Å². The molecule has 0 bridgehead atoms. The predicted octanol–water partition coefficient (Wildman–Crippen LogP) is 1.17. The molecule has 83 valence electrons. The van der Waals surface area contributed by atoms with Crippen molar-refractivity contribution in [3.63, 3.8) is 0 Å². The summed E-state index contributed by atoms with van der Waals surface area (Å²) < 4.78 is 30.6. The van der Waals surface area contributed by atoms with E-state index < -0.39 is 15.0 Å². The van der Waals surface area contributed by atoms with E-state index in [0.29, 0.717) is 16.5 Å². The van der Waals surface area contributed by atoms with Crippen LogP contribution in [0.4, 0.5) is 5.69 Å². The zero-order valence-corrected chi connectivity index (χ0v) is 8.82. The fourth-order valence-electron chi connectivity index (χ4n) is 1.41. The molecule has 0 aliphatic carbocycles. The lowest BCUT2D eigenvalue weighted by Gasteiger charge is -2.04. The van der Waals surface area contributed by atoms with Crippen LogP contribution in [0.5, 0.6) is 5.75 Å². The molecule has 0 spiro atoms. The van der Waals surface area contributed by atoms with Gasteiger partial charge in [0.1, 0.15) is 10.6 Å². The molecular weight excluding hydrogens is 230 g/mol. The van der Waals surface area contributed by atoms with Crippen LogP contribution in [0.25, 0.3) is 10.8 Å². The first kappa shape index (κ1) is 10.7. The summed E-state index contributed by atoms with van der Waals surface area (Å²) in [6.45, 7) is 0. The van der Waals surface area contributed by atoms with Gasteiger partial charge in [0.15, 0.2) is 0 Å². The van der Waals surface area contributed by atoms with Crippen LogP contribution < -0.4 is 5.73 Å². The first-order valence-electron chi connectivity index (χ1n) is 4.30. The zero-order valence-electron chi connectivity index (χ0n) is 8.01. The highest BCUT2D eigenvalue weighted by Crippen LogP contribution is 2.29. The summed E-state index contributed by atoms with van der Waals surface area (Å²) in [6, 6.07) is 8.00. The molecule has 16 heavy (non-hydrogen) atoms. The highest BCUT2D eigenvalue weighted by molar-refractivity contribution is 7.85. The summed E-state index contributed by atoms with van der Waals surface area (Å²) in [4.78, 5) is -0.470. The number of phenolic OH excluding ortho intramolecular Hbond substituents is 1. The van der Waals surface area contributed by atoms with Gasteiger partial charge in [-0.1, -0.05) is 6.07 Å². The third-order valence-electron chi connectivity index (χ3n) is 2.14. The quantitative estimate of drug-likeness (QED) is 0.511. The Bertz CT molecular complexity index is 664. The van der Waals surface area contributed by atoms with Gasteiger partial charge >= 0.3 is 0 Å². The molecule has 0 aromatic heterocycles. The molecular formula is C10H8NO4S. The summed E-state index contributed by atoms with van der Waals surface area (Å²) in [6.07, 6.45) is 0. The maximum Gasteiger partial charge on any atom is 0.295 e. The molecule has 5 nitrogen and oxygen atoms in total. The van der Waals surface area contributed by atoms with Crippen molar-refractivity contribution in [3.05, 3.63) is 30.3 Å². The van der Waals surface area contributed by atoms with E-state index in [0.717, 1.165) is 0 Å². The number of hydrogen-bond donors (Lipinski definition) is 3. The average Bonchev–Trinajstić information content (AvgIpc) is 2.17. The van der Waals surface area contributed by atoms with Crippen LogP contribution >= 0.6 is 0 Å². The molecule has 2 aromatic carbocycles. The molecule has 2 aromatic rings. The van der Waals surface area contributed by atoms with Gasteiger partial charge in [-0.3, -0.25) is 4.55 Å². The predicted molar refractivity (Wildman–Crippen MR) is 58.7 cm³/mol. The standard InChI is InChI=1S/C10H8NO4S/c11-7-2-1-6-3-8(16(13,14)15)5-10(12)9(6)4-7/h1-4,12H,11H2,(H,13,14,15). The van der Waals surface area contributed by atoms with E-state index in [-0.39, 0.29) is 5.75 Å². The van der Waals surface area contributed by atoms with Gasteiger partial charge in [-0.15, -0.1) is 0 Å². The Morgan fingerprint density at radius 3 is 2.56 bits per heavy atom. The van der Waals surface area contributed by atoms with E-state index in [9.17, 15) is 13.5 Å². The number of benzene rings is 2. The summed E-state index contributed by atoms with van der Waals surface area (Å²) in [5, 5.41) is 10.4. The first-order valence-corrected chi connectivity index (χ1v) is 5.74. The average molecular weight is 238 g/mol. The van der Waals surface area contributed by atoms with Crippen molar-refractivity contribution in [1.29, 1.82) is 0 Å². The Kier molecular flexibility index (Phi) is 2.25. The molecule has 0 unspecified atom stereocenters. The smallest absolute Gasteiger partial charge is 0.295 e. The molecule has 0 saturated heterocycles. The second-order valence-electron chi connectivity index (χ2n) is 3.30. The molecule has 6 heteroatoms. The summed E-state index contributed by atoms with van der Waals surface area (Å²) in [5.41, 5.74) is 5.96. The number of nitrogen functional groups attached to an aromatic ring is 1. The summed E-state index contributed by atoms with van der Waals surface area (Å²) in [5.74, 6) is -0.363. The van der Waals surface area contributed by atoms with Gasteiger partial charge in [0.05, 0.1) is 6.07 Å². The molecule has 1 radical (unpaired) electrons. The van der Waals surface area contributed by atoms with Crippen LogP contribution in [0.2, 0.25) is 0 Å². The van der Waals surface area contributed by atoms with Crippen LogP contribution in [0, 0.1) is 6.07 Å². The third kappa shape index (κ3) is 1.80. The van der Waals surface area contributed by atoms with Crippen molar-refractivity contribution >= 4 is 26.6 Å². The van der Waals surface area contributed by atoms with Crippen molar-refractivity contribution in [2.24, 2.45) is 0 Å². The number of anilines is 1. The first-order chi connectivity index (χ1) is 7.38. The molecule has 0 amide bonds. The van der Waals surface area contributed by atoms with Crippen molar-refractivity contribution < 1.29 is 18.1 Å². The number of phenols is 1. The van der Waals surface area contributed by atoms with Gasteiger partial charge in [-0.05, 0) is 23.6 Å². The van der Waals surface area contributed by atoms with E-state index in [1.54, 1.807) is 12.1 Å². The molecule has 0 fully saturated rings. The Hall–Kier alpha value is -1.79. The van der Waals surface area contributed by atoms with Crippen LogP contribution in [0.3, 0.4) is 0 Å². The highest BCUT2D eigenvalue weighted by Gasteiger charge is 2.13. The fraction of sp³-hybridized carbons (Fsp3) is 0. The van der Waals surface area contributed by atoms with Gasteiger partial charge in [0, 0.05) is 11.1 Å². The third-order valence-corrected chi connectivity index (χ3v) is 2.91. The number of rotatable bonds is 1. The zero-order chi connectivity index (χ0) is 11.9. The van der Waals surface area contributed by atoms with Crippen LogP contribution in [-0.4, -0.2) is 18.1 Å². The number of fused-ring (bicyclic) bond motifs is 1. The number of hydrogen-bond acceptors (Lipinski definition) is 4. The largest absolute Gasteiger partial charge is 0.507 e. The van der Waals surface area contributed by atoms with Gasteiger partial charge < -0.3 is 10.8 Å². The van der Waals surface area contributed by atoms with Crippen molar-refractivity contribution in [2.75, 3.05) is 5.73 Å². The molecule has 0 heterocycles. The van der Waals surface area contributed by atoms with E-state index in [1.807, 2.05) is 0 Å². The minimum absolute atomic E-state index is 0.363. The lowest BCUT2D eigenvalue weighted by atomic mass is 10.1. The van der Waals surface area contributed by atoms with Gasteiger partial charge in [0.25, 0.3) is 10.1 Å². The second kappa shape index (κ2) is 3.36. The fourth-order valence-corrected chi connectivity index (χ4v) is 1.91. The second-order valence-corrected chi connectivity index (χ2v) is 4.69. The van der Waals surface area contributed by atoms with Crippen molar-refractivity contribution in [2.45, 2.75) is 4.90 Å². The number of aromatic hydroxyl groups is 1. The Balaban J connectivity index is 2.84. The minimum Gasteiger partial charge on any atom is -0.507 e. The van der Waals surface area contributed by atoms with Crippen molar-refractivity contribution in [3.8, 4) is 5.75 Å². The van der Waals surface area contributed by atoms with Gasteiger partial charge in [-0.2, -0.15) is 8.42 Å². The Labute approximate surface area is 91.9 Å². The Morgan fingerprint density at radius 2 is 1.94 bits per heavy atom. The number of nitrogens with two attached hydrogens (primary N) is 1. The maximum atomic E-state index is 10.9. The summed E-state index contributed by atoms with van der Waals surface area (Å²) >= 11 is 0. The topological polar surface area (TPSA) is 101 Å². The van der Waals surface area contributed by atoms with Crippen LogP contribution in [-0.2, 0) is 10.1 Å². The van der Waals surface area contributed by atoms with Crippen molar-refractivity contribution in [1.82, 2.24) is 0 Å². The van der Waals surface area contributed by atoms with E-state index in [2.05, 4.69) is 6.07 Å². The minimum atomic E-state index is -4.37. The molecule has 4 N–H and O–H groups in total.